The zero-order chi connectivity index (χ0) is 17.4. The second-order valence-electron chi connectivity index (χ2n) is 6.76. The summed E-state index contributed by atoms with van der Waals surface area (Å²) < 4.78 is 0. The van der Waals surface area contributed by atoms with E-state index in [-0.39, 0.29) is 23.9 Å². The molecule has 0 saturated carbocycles. The third-order valence-electron chi connectivity index (χ3n) is 5.20. The molecule has 0 radical (unpaired) electrons. The van der Waals surface area contributed by atoms with Crippen LogP contribution in [0, 0.1) is 5.92 Å². The third-order valence-corrected chi connectivity index (χ3v) is 5.20. The van der Waals surface area contributed by atoms with Gasteiger partial charge < -0.3 is 15.1 Å². The predicted molar refractivity (Wildman–Crippen MR) is 93.9 cm³/mol. The quantitative estimate of drug-likeness (QED) is 0.880. The zero-order valence-corrected chi connectivity index (χ0v) is 14.1. The van der Waals surface area contributed by atoms with E-state index in [0.717, 1.165) is 29.8 Å². The molecule has 25 heavy (non-hydrogen) atoms. The SMILES string of the molecule is CN1C(=O)[C@@H]2CC[C@H]1CN(C(=O)Nc1ccc(-c3ccn[nH]3)cc1)C2. The van der Waals surface area contributed by atoms with Crippen LogP contribution in [-0.2, 0) is 4.79 Å². The molecule has 3 aliphatic heterocycles. The second kappa shape index (κ2) is 6.23. The minimum absolute atomic E-state index is 0.0720. The van der Waals surface area contributed by atoms with Crippen LogP contribution in [0.1, 0.15) is 12.8 Å². The van der Waals surface area contributed by atoms with E-state index in [0.29, 0.717) is 13.1 Å². The number of nitrogens with one attached hydrogen (secondary N) is 2. The summed E-state index contributed by atoms with van der Waals surface area (Å²) in [7, 11) is 1.84. The number of likely N-dealkylation sites (N-methyl/N-ethyl adjacent to an activating group) is 1. The topological polar surface area (TPSA) is 81.3 Å². The highest BCUT2D eigenvalue weighted by molar-refractivity contribution is 5.91. The Labute approximate surface area is 146 Å². The average molecular weight is 339 g/mol. The zero-order valence-electron chi connectivity index (χ0n) is 14.1. The number of carbonyl (C=O) groups is 2. The van der Waals surface area contributed by atoms with Crippen LogP contribution in [0.3, 0.4) is 0 Å². The molecule has 1 aromatic heterocycles. The molecule has 2 aromatic rings. The van der Waals surface area contributed by atoms with Crippen molar-refractivity contribution in [2.24, 2.45) is 5.92 Å². The molecule has 0 spiro atoms. The molecule has 0 aliphatic carbocycles. The van der Waals surface area contributed by atoms with Gasteiger partial charge in [0.05, 0.1) is 11.6 Å². The number of piperidine rings is 1. The summed E-state index contributed by atoms with van der Waals surface area (Å²) in [6.45, 7) is 1.09. The lowest BCUT2D eigenvalue weighted by Crippen LogP contribution is -2.45. The monoisotopic (exact) mass is 339 g/mol. The number of H-pyrrole nitrogens is 1. The van der Waals surface area contributed by atoms with Gasteiger partial charge in [-0.15, -0.1) is 0 Å². The summed E-state index contributed by atoms with van der Waals surface area (Å²) >= 11 is 0. The van der Waals surface area contributed by atoms with Crippen LogP contribution in [0.5, 0.6) is 0 Å². The highest BCUT2D eigenvalue weighted by atomic mass is 16.2. The van der Waals surface area contributed by atoms with Gasteiger partial charge in [-0.2, -0.15) is 5.10 Å². The predicted octanol–water partition coefficient (Wildman–Crippen LogP) is 2.16. The Hall–Kier alpha value is -2.83. The minimum atomic E-state index is -0.144. The van der Waals surface area contributed by atoms with Crippen LogP contribution in [-0.4, -0.2) is 58.1 Å². The molecule has 2 bridgehead atoms. The molecular formula is C18H21N5O2. The van der Waals surface area contributed by atoms with Crippen molar-refractivity contribution in [1.82, 2.24) is 20.0 Å². The number of carbonyl (C=O) groups excluding carboxylic acids is 2. The lowest BCUT2D eigenvalue weighted by atomic mass is 9.95. The Bertz CT molecular complexity index is 771. The summed E-state index contributed by atoms with van der Waals surface area (Å²) in [5.41, 5.74) is 2.68. The van der Waals surface area contributed by atoms with E-state index >= 15 is 0 Å². The highest BCUT2D eigenvalue weighted by Gasteiger charge is 2.40. The number of anilines is 1. The number of nitrogens with zero attached hydrogens (tertiary/aromatic N) is 3. The number of rotatable bonds is 2. The number of aromatic amines is 1. The lowest BCUT2D eigenvalue weighted by Gasteiger charge is -2.32. The first kappa shape index (κ1) is 15.7. The van der Waals surface area contributed by atoms with Gasteiger partial charge in [-0.05, 0) is 36.6 Å². The summed E-state index contributed by atoms with van der Waals surface area (Å²) in [5.74, 6) is 0.0905. The fourth-order valence-electron chi connectivity index (χ4n) is 3.67. The number of amides is 3. The number of hydrogen-bond acceptors (Lipinski definition) is 3. The smallest absolute Gasteiger partial charge is 0.321 e. The Morgan fingerprint density at radius 2 is 2.00 bits per heavy atom. The van der Waals surface area contributed by atoms with Gasteiger partial charge >= 0.3 is 6.03 Å². The molecule has 3 aliphatic rings. The first-order chi connectivity index (χ1) is 12.1. The van der Waals surface area contributed by atoms with Crippen LogP contribution in [0.2, 0.25) is 0 Å². The molecule has 2 atom stereocenters. The maximum Gasteiger partial charge on any atom is 0.321 e. The molecule has 130 valence electrons. The Kier molecular flexibility index (Phi) is 3.91. The summed E-state index contributed by atoms with van der Waals surface area (Å²) in [6.07, 6.45) is 3.54. The average Bonchev–Trinajstić information content (AvgIpc) is 3.02. The van der Waals surface area contributed by atoms with E-state index < -0.39 is 0 Å². The molecular weight excluding hydrogens is 318 g/mol. The number of fused-ring (bicyclic) bond motifs is 4. The molecule has 3 amide bonds. The van der Waals surface area contributed by atoms with Gasteiger partial charge in [-0.25, -0.2) is 4.79 Å². The van der Waals surface area contributed by atoms with Crippen molar-refractivity contribution in [3.63, 3.8) is 0 Å². The molecule has 5 rings (SSSR count). The van der Waals surface area contributed by atoms with E-state index in [9.17, 15) is 9.59 Å². The highest BCUT2D eigenvalue weighted by Crippen LogP contribution is 2.28. The number of hydrogen-bond donors (Lipinski definition) is 2. The molecule has 0 unspecified atom stereocenters. The minimum Gasteiger partial charge on any atom is -0.341 e. The molecule has 3 saturated heterocycles. The molecule has 1 aromatic carbocycles. The Morgan fingerprint density at radius 1 is 1.20 bits per heavy atom. The van der Waals surface area contributed by atoms with Crippen molar-refractivity contribution in [3.05, 3.63) is 36.5 Å². The van der Waals surface area contributed by atoms with Crippen molar-refractivity contribution < 1.29 is 9.59 Å². The van der Waals surface area contributed by atoms with Crippen molar-refractivity contribution >= 4 is 17.6 Å². The van der Waals surface area contributed by atoms with E-state index in [2.05, 4.69) is 15.5 Å². The van der Waals surface area contributed by atoms with Gasteiger partial charge in [-0.3, -0.25) is 9.89 Å². The molecule has 2 N–H and O–H groups in total. The summed E-state index contributed by atoms with van der Waals surface area (Å²) in [6, 6.07) is 9.50. The first-order valence-electron chi connectivity index (χ1n) is 8.54. The normalized spacial score (nSPS) is 22.8. The van der Waals surface area contributed by atoms with Crippen LogP contribution in [0.15, 0.2) is 36.5 Å². The van der Waals surface area contributed by atoms with E-state index in [1.807, 2.05) is 37.4 Å². The van der Waals surface area contributed by atoms with Gasteiger partial charge in [0.1, 0.15) is 0 Å². The number of aromatic nitrogens is 2. The van der Waals surface area contributed by atoms with E-state index in [1.165, 1.54) is 0 Å². The fraction of sp³-hybridized carbons (Fsp3) is 0.389. The van der Waals surface area contributed by atoms with E-state index in [4.69, 9.17) is 0 Å². The van der Waals surface area contributed by atoms with E-state index in [1.54, 1.807) is 16.0 Å². The third kappa shape index (κ3) is 2.97. The maximum absolute atomic E-state index is 12.6. The van der Waals surface area contributed by atoms with Gasteiger partial charge in [0.25, 0.3) is 0 Å². The van der Waals surface area contributed by atoms with Gasteiger partial charge in [0.15, 0.2) is 0 Å². The van der Waals surface area contributed by atoms with Crippen molar-refractivity contribution in [3.8, 4) is 11.3 Å². The lowest BCUT2D eigenvalue weighted by molar-refractivity contribution is -0.138. The Morgan fingerprint density at radius 3 is 2.72 bits per heavy atom. The van der Waals surface area contributed by atoms with Crippen molar-refractivity contribution in [2.45, 2.75) is 18.9 Å². The van der Waals surface area contributed by atoms with Crippen LogP contribution in [0.4, 0.5) is 10.5 Å². The van der Waals surface area contributed by atoms with Crippen molar-refractivity contribution in [2.75, 3.05) is 25.5 Å². The molecule has 7 nitrogen and oxygen atoms in total. The molecule has 7 heteroatoms. The van der Waals surface area contributed by atoms with Gasteiger partial charge in [0.2, 0.25) is 5.91 Å². The van der Waals surface area contributed by atoms with Crippen LogP contribution >= 0.6 is 0 Å². The summed E-state index contributed by atoms with van der Waals surface area (Å²) in [5, 5.41) is 9.80. The standard InChI is InChI=1S/C18H21N5O2/c1-22-15-7-4-13(17(22)24)10-23(11-15)18(25)20-14-5-2-12(3-6-14)16-8-9-19-21-16/h2-3,5-6,8-9,13,15H,4,7,10-11H2,1H3,(H,19,21)(H,20,25)/t13-,15+/m1/s1. The first-order valence-corrected chi connectivity index (χ1v) is 8.54. The van der Waals surface area contributed by atoms with Crippen molar-refractivity contribution in [1.29, 1.82) is 0 Å². The van der Waals surface area contributed by atoms with Crippen LogP contribution < -0.4 is 5.32 Å². The van der Waals surface area contributed by atoms with Crippen LogP contribution in [0.25, 0.3) is 11.3 Å². The second-order valence-corrected chi connectivity index (χ2v) is 6.76. The Balaban J connectivity index is 1.44. The largest absolute Gasteiger partial charge is 0.341 e. The van der Waals surface area contributed by atoms with Gasteiger partial charge in [0, 0.05) is 38.1 Å². The number of benzene rings is 1. The fourth-order valence-corrected chi connectivity index (χ4v) is 3.67. The molecule has 4 heterocycles. The number of urea groups is 1. The summed E-state index contributed by atoms with van der Waals surface area (Å²) in [4.78, 5) is 28.5. The molecule has 3 fully saturated rings. The maximum atomic E-state index is 12.6. The van der Waals surface area contributed by atoms with Gasteiger partial charge in [-0.1, -0.05) is 12.1 Å².